The lowest BCUT2D eigenvalue weighted by molar-refractivity contribution is -0.126. The molecular weight excluding hydrogens is 230 g/mol. The van der Waals surface area contributed by atoms with E-state index in [0.29, 0.717) is 5.69 Å². The van der Waals surface area contributed by atoms with E-state index in [2.05, 4.69) is 5.32 Å². The average Bonchev–Trinajstić information content (AvgIpc) is 2.29. The van der Waals surface area contributed by atoms with Gasteiger partial charge in [0.25, 0.3) is 0 Å². The molecule has 0 spiro atoms. The maximum atomic E-state index is 11.7. The van der Waals surface area contributed by atoms with Crippen molar-refractivity contribution < 1.29 is 9.59 Å². The number of nitrogens with two attached hydrogens (primary N) is 2. The van der Waals surface area contributed by atoms with Crippen molar-refractivity contribution in [1.82, 2.24) is 5.32 Å². The van der Waals surface area contributed by atoms with E-state index in [9.17, 15) is 9.59 Å². The third-order valence-electron chi connectivity index (χ3n) is 2.74. The van der Waals surface area contributed by atoms with Crippen LogP contribution in [-0.2, 0) is 16.0 Å². The first-order valence-electron chi connectivity index (χ1n) is 5.72. The molecule has 0 aliphatic rings. The van der Waals surface area contributed by atoms with E-state index in [4.69, 9.17) is 11.5 Å². The van der Waals surface area contributed by atoms with Crippen molar-refractivity contribution >= 4 is 17.5 Å². The van der Waals surface area contributed by atoms with Gasteiger partial charge in [0.05, 0.1) is 11.8 Å². The highest BCUT2D eigenvalue weighted by atomic mass is 16.2. The van der Waals surface area contributed by atoms with Gasteiger partial charge < -0.3 is 16.8 Å². The summed E-state index contributed by atoms with van der Waals surface area (Å²) in [6.07, 6.45) is 0.259. The standard InChI is InChI=1S/C13H19N3O2/c1-13(2,12(15)18)8-16-11(17)7-9-3-5-10(14)6-4-9/h3-6H,7-8,14H2,1-2H3,(H2,15,18)(H,16,17). The van der Waals surface area contributed by atoms with E-state index >= 15 is 0 Å². The van der Waals surface area contributed by atoms with Crippen molar-refractivity contribution in [3.8, 4) is 0 Å². The Balaban J connectivity index is 2.48. The van der Waals surface area contributed by atoms with Crippen molar-refractivity contribution in [2.75, 3.05) is 12.3 Å². The van der Waals surface area contributed by atoms with E-state index in [1.165, 1.54) is 0 Å². The van der Waals surface area contributed by atoms with Crippen LogP contribution in [0.3, 0.4) is 0 Å². The molecule has 18 heavy (non-hydrogen) atoms. The van der Waals surface area contributed by atoms with Crippen LogP contribution in [0.2, 0.25) is 0 Å². The van der Waals surface area contributed by atoms with Gasteiger partial charge in [0.2, 0.25) is 11.8 Å². The van der Waals surface area contributed by atoms with E-state index in [-0.39, 0.29) is 18.9 Å². The lowest BCUT2D eigenvalue weighted by Crippen LogP contribution is -2.42. The third kappa shape index (κ3) is 4.08. The van der Waals surface area contributed by atoms with Gasteiger partial charge in [0, 0.05) is 12.2 Å². The monoisotopic (exact) mass is 249 g/mol. The smallest absolute Gasteiger partial charge is 0.224 e. The number of hydrogen-bond donors (Lipinski definition) is 3. The van der Waals surface area contributed by atoms with Gasteiger partial charge in [-0.2, -0.15) is 0 Å². The van der Waals surface area contributed by atoms with Crippen molar-refractivity contribution in [1.29, 1.82) is 0 Å². The molecule has 5 heteroatoms. The summed E-state index contributed by atoms with van der Waals surface area (Å²) in [5.41, 5.74) is 11.6. The largest absolute Gasteiger partial charge is 0.399 e. The summed E-state index contributed by atoms with van der Waals surface area (Å²) in [6, 6.07) is 7.09. The maximum Gasteiger partial charge on any atom is 0.224 e. The van der Waals surface area contributed by atoms with Crippen molar-refractivity contribution in [2.45, 2.75) is 20.3 Å². The van der Waals surface area contributed by atoms with Crippen LogP contribution >= 0.6 is 0 Å². The van der Waals surface area contributed by atoms with Crippen LogP contribution in [0.1, 0.15) is 19.4 Å². The van der Waals surface area contributed by atoms with Crippen LogP contribution in [0, 0.1) is 5.41 Å². The average molecular weight is 249 g/mol. The van der Waals surface area contributed by atoms with E-state index in [1.807, 2.05) is 0 Å². The van der Waals surface area contributed by atoms with E-state index in [0.717, 1.165) is 5.56 Å². The lowest BCUT2D eigenvalue weighted by Gasteiger charge is -2.20. The quantitative estimate of drug-likeness (QED) is 0.660. The molecule has 0 saturated heterocycles. The van der Waals surface area contributed by atoms with Gasteiger partial charge in [-0.1, -0.05) is 12.1 Å². The molecule has 0 radical (unpaired) electrons. The Labute approximate surface area is 107 Å². The first-order chi connectivity index (χ1) is 8.31. The van der Waals surface area contributed by atoms with Gasteiger partial charge in [0.15, 0.2) is 0 Å². The number of carbonyl (C=O) groups excluding carboxylic acids is 2. The molecule has 0 aliphatic heterocycles. The van der Waals surface area contributed by atoms with Crippen LogP contribution in [0.25, 0.3) is 0 Å². The zero-order chi connectivity index (χ0) is 13.8. The molecule has 5 N–H and O–H groups in total. The number of amides is 2. The van der Waals surface area contributed by atoms with Gasteiger partial charge in [0.1, 0.15) is 0 Å². The summed E-state index contributed by atoms with van der Waals surface area (Å²) in [6.45, 7) is 3.62. The minimum absolute atomic E-state index is 0.144. The molecule has 5 nitrogen and oxygen atoms in total. The Morgan fingerprint density at radius 1 is 1.22 bits per heavy atom. The van der Waals surface area contributed by atoms with Crippen LogP contribution in [0.4, 0.5) is 5.69 Å². The van der Waals surface area contributed by atoms with Crippen LogP contribution in [-0.4, -0.2) is 18.4 Å². The van der Waals surface area contributed by atoms with E-state index in [1.54, 1.807) is 38.1 Å². The van der Waals surface area contributed by atoms with Crippen LogP contribution in [0.5, 0.6) is 0 Å². The highest BCUT2D eigenvalue weighted by Gasteiger charge is 2.25. The molecule has 0 atom stereocenters. The van der Waals surface area contributed by atoms with Crippen molar-refractivity contribution in [2.24, 2.45) is 11.1 Å². The van der Waals surface area contributed by atoms with Gasteiger partial charge in [-0.3, -0.25) is 9.59 Å². The predicted octanol–water partition coefficient (Wildman–Crippen LogP) is 0.439. The molecule has 1 aromatic rings. The lowest BCUT2D eigenvalue weighted by atomic mass is 9.92. The number of nitrogen functional groups attached to an aromatic ring is 1. The highest BCUT2D eigenvalue weighted by molar-refractivity contribution is 5.82. The summed E-state index contributed by atoms with van der Waals surface area (Å²) in [5.74, 6) is -0.579. The van der Waals surface area contributed by atoms with Crippen molar-refractivity contribution in [3.63, 3.8) is 0 Å². The number of hydrogen-bond acceptors (Lipinski definition) is 3. The molecule has 0 aromatic heterocycles. The Hall–Kier alpha value is -2.04. The second kappa shape index (κ2) is 5.53. The zero-order valence-corrected chi connectivity index (χ0v) is 10.7. The summed E-state index contributed by atoms with van der Waals surface area (Å²) in [5, 5.41) is 2.70. The molecule has 1 aromatic carbocycles. The maximum absolute atomic E-state index is 11.7. The molecule has 0 fully saturated rings. The fourth-order valence-electron chi connectivity index (χ4n) is 1.29. The molecular formula is C13H19N3O2. The van der Waals surface area contributed by atoms with Gasteiger partial charge in [-0.25, -0.2) is 0 Å². The first kappa shape index (κ1) is 14.0. The summed E-state index contributed by atoms with van der Waals surface area (Å²) >= 11 is 0. The Morgan fingerprint density at radius 2 is 1.78 bits per heavy atom. The molecule has 0 heterocycles. The zero-order valence-electron chi connectivity index (χ0n) is 10.7. The molecule has 0 bridgehead atoms. The number of benzene rings is 1. The summed E-state index contributed by atoms with van der Waals surface area (Å²) in [7, 11) is 0. The number of carbonyl (C=O) groups is 2. The molecule has 0 unspecified atom stereocenters. The van der Waals surface area contributed by atoms with Gasteiger partial charge in [-0.15, -0.1) is 0 Å². The number of nitrogens with one attached hydrogen (secondary N) is 1. The number of primary amides is 1. The Morgan fingerprint density at radius 3 is 2.28 bits per heavy atom. The number of rotatable bonds is 5. The number of anilines is 1. The SMILES string of the molecule is CC(C)(CNC(=O)Cc1ccc(N)cc1)C(N)=O. The summed E-state index contributed by atoms with van der Waals surface area (Å²) in [4.78, 5) is 22.8. The van der Waals surface area contributed by atoms with Gasteiger partial charge >= 0.3 is 0 Å². The fraction of sp³-hybridized carbons (Fsp3) is 0.385. The summed E-state index contributed by atoms with van der Waals surface area (Å²) < 4.78 is 0. The molecule has 1 rings (SSSR count). The molecule has 2 amide bonds. The van der Waals surface area contributed by atoms with Crippen LogP contribution < -0.4 is 16.8 Å². The molecule has 0 aliphatic carbocycles. The Kier molecular flexibility index (Phi) is 4.31. The minimum Gasteiger partial charge on any atom is -0.399 e. The van der Waals surface area contributed by atoms with Gasteiger partial charge in [-0.05, 0) is 31.5 Å². The first-order valence-corrected chi connectivity index (χ1v) is 5.72. The Bertz CT molecular complexity index is 438. The topological polar surface area (TPSA) is 98.2 Å². The van der Waals surface area contributed by atoms with Crippen molar-refractivity contribution in [3.05, 3.63) is 29.8 Å². The predicted molar refractivity (Wildman–Crippen MR) is 70.5 cm³/mol. The second-order valence-corrected chi connectivity index (χ2v) is 4.94. The second-order valence-electron chi connectivity index (χ2n) is 4.94. The van der Waals surface area contributed by atoms with E-state index < -0.39 is 11.3 Å². The fourth-order valence-corrected chi connectivity index (χ4v) is 1.29. The molecule has 0 saturated carbocycles. The van der Waals surface area contributed by atoms with Crippen LogP contribution in [0.15, 0.2) is 24.3 Å². The minimum atomic E-state index is -0.739. The molecule has 98 valence electrons. The highest BCUT2D eigenvalue weighted by Crippen LogP contribution is 2.12. The third-order valence-corrected chi connectivity index (χ3v) is 2.74. The normalized spacial score (nSPS) is 11.0.